The Hall–Kier alpha value is -14.0. The Labute approximate surface area is 552 Å². The van der Waals surface area contributed by atoms with Gasteiger partial charge in [0.2, 0.25) is 0 Å². The molecule has 97 heavy (non-hydrogen) atoms. The fourth-order valence-electron chi connectivity index (χ4n) is 13.9. The number of rotatable bonds is 8. The van der Waals surface area contributed by atoms with Crippen LogP contribution in [0.4, 0.5) is 0 Å². The maximum atomic E-state index is 5.78. The number of nitrogens with zero attached hydrogens (tertiary/aromatic N) is 32. The summed E-state index contributed by atoms with van der Waals surface area (Å²) in [6.07, 6.45) is 26.2. The van der Waals surface area contributed by atoms with Gasteiger partial charge in [0.25, 0.3) is 0 Å². The first-order valence-corrected chi connectivity index (χ1v) is 29.5. The summed E-state index contributed by atoms with van der Waals surface area (Å²) in [6.45, 7) is 0. The first-order valence-electron chi connectivity index (χ1n) is 29.5. The predicted molar refractivity (Wildman–Crippen MR) is 343 cm³/mol. The van der Waals surface area contributed by atoms with E-state index in [1.54, 1.807) is 101 Å². The maximum Gasteiger partial charge on any atom is 2.00 e. The fourth-order valence-corrected chi connectivity index (χ4v) is 13.9. The average Bonchev–Trinajstić information content (AvgIpc) is 1.72. The van der Waals surface area contributed by atoms with E-state index in [1.165, 1.54) is 0 Å². The summed E-state index contributed by atoms with van der Waals surface area (Å²) in [4.78, 5) is 45.7. The number of hydrogen-bond donors (Lipinski definition) is 0. The zero-order valence-corrected chi connectivity index (χ0v) is 51.4. The van der Waals surface area contributed by atoms with Crippen LogP contribution in [-0.4, -0.2) is 148 Å². The van der Waals surface area contributed by atoms with E-state index in [0.717, 1.165) is 43.1 Å². The Kier molecular flexibility index (Phi) is 11.3. The van der Waals surface area contributed by atoms with Crippen LogP contribution in [0.3, 0.4) is 0 Å². The Morgan fingerprint density at radius 1 is 0.196 bits per heavy atom. The second kappa shape index (κ2) is 20.5. The van der Waals surface area contributed by atoms with Crippen LogP contribution in [0.1, 0.15) is 0 Å². The first kappa shape index (κ1) is 53.6. The first-order chi connectivity index (χ1) is 47.7. The van der Waals surface area contributed by atoms with Gasteiger partial charge in [0.15, 0.2) is 0 Å². The summed E-state index contributed by atoms with van der Waals surface area (Å²) in [5.74, 6) is 0.755. The molecule has 8 aromatic carbocycles. The van der Waals surface area contributed by atoms with Crippen LogP contribution in [0, 0.1) is 0 Å². The van der Waals surface area contributed by atoms with Gasteiger partial charge in [0.05, 0.1) is 68.8 Å². The van der Waals surface area contributed by atoms with Gasteiger partial charge in [-0.25, -0.2) is 9.97 Å². The van der Waals surface area contributed by atoms with Crippen molar-refractivity contribution in [1.82, 2.24) is 158 Å². The zero-order chi connectivity index (χ0) is 62.7. The van der Waals surface area contributed by atoms with Gasteiger partial charge in [-0.2, -0.15) is 0 Å². The molecule has 0 saturated carbocycles. The predicted octanol–water partition coefficient (Wildman–Crippen LogP) is 7.38. The molecule has 0 aliphatic carbocycles. The van der Waals surface area contributed by atoms with Crippen molar-refractivity contribution in [1.29, 1.82) is 0 Å². The minimum atomic E-state index is 0. The monoisotopic (exact) mass is 1440 g/mol. The van der Waals surface area contributed by atoms with E-state index in [2.05, 4.69) is 81.6 Å². The molecule has 32 nitrogen and oxygen atoms in total. The van der Waals surface area contributed by atoms with Crippen LogP contribution < -0.4 is 9.97 Å². The van der Waals surface area contributed by atoms with E-state index in [0.29, 0.717) is 89.3 Å². The quantitative estimate of drug-likeness (QED) is 0.143. The molecule has 458 valence electrons. The summed E-state index contributed by atoms with van der Waals surface area (Å²) in [5.41, 5.74) is 7.87. The minimum Gasteiger partial charge on any atom is -0.357 e. The molecule has 0 atom stereocenters. The van der Waals surface area contributed by atoms with Gasteiger partial charge >= 0.3 is 21.1 Å². The van der Waals surface area contributed by atoms with E-state index in [9.17, 15) is 0 Å². The number of benzene rings is 8. The maximum absolute atomic E-state index is 5.78. The van der Waals surface area contributed by atoms with Crippen molar-refractivity contribution in [3.05, 3.63) is 198 Å². The number of aromatic nitrogens is 32. The molecular weight excluding hydrogens is 1410 g/mol. The third-order valence-corrected chi connectivity index (χ3v) is 17.5. The van der Waals surface area contributed by atoms with Crippen LogP contribution in [0.25, 0.3) is 178 Å². The molecule has 0 saturated heterocycles. The molecule has 11 aromatic heterocycles. The normalized spacial score (nSPS) is 12.0. The molecule has 0 radical (unpaired) electrons. The molecule has 0 amide bonds. The smallest absolute Gasteiger partial charge is 0.357 e. The second-order valence-corrected chi connectivity index (χ2v) is 22.4. The standard InChI is InChI=1S/C64H32N32.Pt/c1-2-10-34-33(9-1)49(89-17-65-66-18-89)41-42(50(34)90-19-67-68-20-90)58-81-57(41)85-59-43-44(52(92-23-71-72-24-92)36-12-4-3-11-35(36)51(43)91-21-69-70-22-91)61(82-59)87-63-47-48(56(96-31-79-80-32-96)40-16-8-7-15-39(40)55(47)95-29-77-78-30-95)64(84-63)88-62-46-45(60(83-62)86-58)53(93-25-73-74-26-93)37-13-5-6-14-38(37)54(46)94-27-75-76-28-94;/h1-32H;/q-2;+2. The molecule has 8 bridgehead atoms. The Bertz CT molecular complexity index is 5770. The SMILES string of the molecule is [Pt+2].c1ccc2c(-n3cnnc3)c3c(c(-n4cnnc4)c2c1)-c1nc-3nc2[n-]c(nc3nc(nc4[n-]c(n1)c1c(-n5cnnc5)c5ccccc5c(-n5cnnc5)c41)-c1c-3c(-n3cnnc3)c3ccccc3c1-n1cnnc1)c1c(-n3cnnc3)c3ccccc3c(-n3cnnc3)c21. The van der Waals surface area contributed by atoms with Gasteiger partial charge in [-0.1, -0.05) is 97.1 Å². The number of fused-ring (bicyclic) bond motifs is 24. The molecule has 13 heterocycles. The summed E-state index contributed by atoms with van der Waals surface area (Å²) >= 11 is 0. The Balaban J connectivity index is 0.00000641. The van der Waals surface area contributed by atoms with Gasteiger partial charge in [-0.3, -0.25) is 36.5 Å². The van der Waals surface area contributed by atoms with Gasteiger partial charge in [0.1, 0.15) is 101 Å². The van der Waals surface area contributed by atoms with E-state index >= 15 is 0 Å². The molecule has 0 N–H and O–H groups in total. The van der Waals surface area contributed by atoms with Gasteiger partial charge < -0.3 is 29.9 Å². The van der Waals surface area contributed by atoms with Crippen molar-refractivity contribution in [3.63, 3.8) is 0 Å². The summed E-state index contributed by atoms with van der Waals surface area (Å²) < 4.78 is 14.7. The van der Waals surface area contributed by atoms with E-state index in [-0.39, 0.29) is 67.0 Å². The molecule has 21 rings (SSSR count). The van der Waals surface area contributed by atoms with Crippen LogP contribution in [0.15, 0.2) is 198 Å². The second-order valence-electron chi connectivity index (χ2n) is 22.4. The zero-order valence-electron chi connectivity index (χ0n) is 49.1. The van der Waals surface area contributed by atoms with E-state index in [4.69, 9.17) is 39.9 Å². The molecule has 33 heteroatoms. The van der Waals surface area contributed by atoms with Crippen LogP contribution >= 0.6 is 0 Å². The molecular formula is C64H32N32Pt. The molecule has 2 aliphatic rings. The van der Waals surface area contributed by atoms with Crippen molar-refractivity contribution in [2.75, 3.05) is 0 Å². The van der Waals surface area contributed by atoms with Crippen molar-refractivity contribution in [3.8, 4) is 91.1 Å². The van der Waals surface area contributed by atoms with Gasteiger partial charge in [-0.05, 0) is 0 Å². The fraction of sp³-hybridized carbons (Fsp3) is 0. The van der Waals surface area contributed by atoms with Gasteiger partial charge in [-0.15, -0.1) is 81.6 Å². The third kappa shape index (κ3) is 7.64. The summed E-state index contributed by atoms with van der Waals surface area (Å²) in [6, 6.07) is 31.9. The molecule has 0 spiro atoms. The average molecular weight is 1440 g/mol. The number of hydrogen-bond acceptors (Lipinski definition) is 22. The topological polar surface area (TPSA) is 351 Å². The van der Waals surface area contributed by atoms with Crippen molar-refractivity contribution >= 4 is 87.2 Å². The molecule has 0 fully saturated rings. The molecule has 19 aromatic rings. The summed E-state index contributed by atoms with van der Waals surface area (Å²) in [7, 11) is 0. The van der Waals surface area contributed by atoms with Gasteiger partial charge in [0, 0.05) is 109 Å². The van der Waals surface area contributed by atoms with Crippen LogP contribution in [0.5, 0.6) is 0 Å². The van der Waals surface area contributed by atoms with Crippen LogP contribution in [0.2, 0.25) is 0 Å². The minimum absolute atomic E-state index is 0. The summed E-state index contributed by atoms with van der Waals surface area (Å²) in [5, 5.41) is 78.1. The Morgan fingerprint density at radius 3 is 0.526 bits per heavy atom. The Morgan fingerprint density at radius 2 is 0.351 bits per heavy atom. The van der Waals surface area contributed by atoms with Crippen LogP contribution in [-0.2, 0) is 21.1 Å². The van der Waals surface area contributed by atoms with E-state index < -0.39 is 0 Å². The molecule has 2 aliphatic heterocycles. The van der Waals surface area contributed by atoms with Crippen molar-refractivity contribution in [2.45, 2.75) is 0 Å². The van der Waals surface area contributed by atoms with Crippen molar-refractivity contribution < 1.29 is 21.1 Å². The van der Waals surface area contributed by atoms with E-state index in [1.807, 2.05) is 134 Å². The third-order valence-electron chi connectivity index (χ3n) is 17.5. The van der Waals surface area contributed by atoms with Crippen molar-refractivity contribution in [2.24, 2.45) is 0 Å². The largest absolute Gasteiger partial charge is 2.00 e. The molecule has 0 unspecified atom stereocenters.